The fraction of sp³-hybridized carbons (Fsp3) is 0.310. The molecular formula is C29H32Cl2N4O2. The van der Waals surface area contributed by atoms with Gasteiger partial charge in [0.2, 0.25) is 0 Å². The third kappa shape index (κ3) is 6.83. The van der Waals surface area contributed by atoms with Crippen LogP contribution in [0.2, 0.25) is 10.0 Å². The van der Waals surface area contributed by atoms with Crippen molar-refractivity contribution in [2.45, 2.75) is 44.8 Å². The van der Waals surface area contributed by atoms with Gasteiger partial charge in [0.25, 0.3) is 5.91 Å². The molecule has 1 aliphatic heterocycles. The van der Waals surface area contributed by atoms with Gasteiger partial charge < -0.3 is 20.4 Å². The quantitative estimate of drug-likeness (QED) is 0.349. The van der Waals surface area contributed by atoms with Crippen LogP contribution in [0.5, 0.6) is 0 Å². The Labute approximate surface area is 228 Å². The fourth-order valence-electron chi connectivity index (χ4n) is 4.72. The van der Waals surface area contributed by atoms with Crippen molar-refractivity contribution in [2.24, 2.45) is 0 Å². The summed E-state index contributed by atoms with van der Waals surface area (Å²) in [7, 11) is 0. The Morgan fingerprint density at radius 3 is 2.14 bits per heavy atom. The molecule has 3 aromatic carbocycles. The maximum Gasteiger partial charge on any atom is 0.320 e. The van der Waals surface area contributed by atoms with E-state index in [2.05, 4.69) is 29.4 Å². The standard InChI is InChI=1S/C29H32Cl2N4O2/c1-20(2)34-18-16-24(17-19-34)35(23-8-4-3-5-9-23)28(36)27(25-10-6-7-11-26(25)31)33-29(37)32-22-14-12-21(30)13-15-22/h3-15,20,24,27H,16-19H2,1-2H3,(H2,32,33,37). The lowest BCUT2D eigenvalue weighted by atomic mass is 9.98. The van der Waals surface area contributed by atoms with Gasteiger partial charge in [-0.3, -0.25) is 4.79 Å². The van der Waals surface area contributed by atoms with Crippen molar-refractivity contribution in [3.05, 3.63) is 94.5 Å². The molecule has 1 fully saturated rings. The van der Waals surface area contributed by atoms with E-state index < -0.39 is 12.1 Å². The van der Waals surface area contributed by atoms with E-state index >= 15 is 0 Å². The van der Waals surface area contributed by atoms with Crippen LogP contribution in [-0.2, 0) is 4.79 Å². The molecule has 0 aromatic heterocycles. The van der Waals surface area contributed by atoms with E-state index in [4.69, 9.17) is 23.2 Å². The highest BCUT2D eigenvalue weighted by Crippen LogP contribution is 2.31. The van der Waals surface area contributed by atoms with Gasteiger partial charge >= 0.3 is 6.03 Å². The molecule has 0 aliphatic carbocycles. The maximum absolute atomic E-state index is 14.3. The lowest BCUT2D eigenvalue weighted by molar-refractivity contribution is -0.121. The zero-order chi connectivity index (χ0) is 26.4. The first-order valence-corrected chi connectivity index (χ1v) is 13.3. The molecule has 37 heavy (non-hydrogen) atoms. The van der Waals surface area contributed by atoms with Gasteiger partial charge in [0, 0.05) is 52.2 Å². The first-order chi connectivity index (χ1) is 17.8. The third-order valence-corrected chi connectivity index (χ3v) is 7.30. The number of nitrogens with one attached hydrogen (secondary N) is 2. The Morgan fingerprint density at radius 2 is 1.51 bits per heavy atom. The number of para-hydroxylation sites is 1. The second-order valence-electron chi connectivity index (χ2n) is 9.46. The van der Waals surface area contributed by atoms with Crippen molar-refractivity contribution >= 4 is 46.5 Å². The van der Waals surface area contributed by atoms with Crippen molar-refractivity contribution in [1.82, 2.24) is 10.2 Å². The molecule has 4 rings (SSSR count). The SMILES string of the molecule is CC(C)N1CCC(N(C(=O)C(NC(=O)Nc2ccc(Cl)cc2)c2ccccc2Cl)c2ccccc2)CC1. The second kappa shape index (κ2) is 12.5. The average Bonchev–Trinajstić information content (AvgIpc) is 2.90. The van der Waals surface area contributed by atoms with Crippen LogP contribution in [0.1, 0.15) is 38.3 Å². The summed E-state index contributed by atoms with van der Waals surface area (Å²) < 4.78 is 0. The van der Waals surface area contributed by atoms with Crippen molar-refractivity contribution < 1.29 is 9.59 Å². The van der Waals surface area contributed by atoms with Gasteiger partial charge in [-0.15, -0.1) is 0 Å². The number of anilines is 2. The molecule has 194 valence electrons. The van der Waals surface area contributed by atoms with Crippen LogP contribution in [0, 0.1) is 0 Å². The highest BCUT2D eigenvalue weighted by molar-refractivity contribution is 6.32. The molecule has 8 heteroatoms. The highest BCUT2D eigenvalue weighted by atomic mass is 35.5. The van der Waals surface area contributed by atoms with Crippen LogP contribution in [0.4, 0.5) is 16.2 Å². The lowest BCUT2D eigenvalue weighted by Crippen LogP contribution is -2.52. The molecule has 1 heterocycles. The van der Waals surface area contributed by atoms with Gasteiger partial charge in [0.05, 0.1) is 0 Å². The Kier molecular flexibility index (Phi) is 9.09. The Balaban J connectivity index is 1.65. The zero-order valence-corrected chi connectivity index (χ0v) is 22.5. The smallest absolute Gasteiger partial charge is 0.320 e. The van der Waals surface area contributed by atoms with Gasteiger partial charge in [-0.05, 0) is 69.2 Å². The first kappa shape index (κ1) is 27.0. The number of hydrogen-bond acceptors (Lipinski definition) is 3. The predicted molar refractivity (Wildman–Crippen MR) is 151 cm³/mol. The van der Waals surface area contributed by atoms with Gasteiger partial charge in [-0.25, -0.2) is 4.79 Å². The van der Waals surface area contributed by atoms with E-state index in [0.29, 0.717) is 27.3 Å². The molecule has 1 atom stereocenters. The van der Waals surface area contributed by atoms with Crippen molar-refractivity contribution in [1.29, 1.82) is 0 Å². The molecule has 0 bridgehead atoms. The van der Waals surface area contributed by atoms with E-state index in [-0.39, 0.29) is 11.9 Å². The maximum atomic E-state index is 14.3. The summed E-state index contributed by atoms with van der Waals surface area (Å²) in [5.74, 6) is -0.228. The Morgan fingerprint density at radius 1 is 0.892 bits per heavy atom. The molecule has 1 aliphatic rings. The van der Waals surface area contributed by atoms with Crippen LogP contribution < -0.4 is 15.5 Å². The van der Waals surface area contributed by atoms with Gasteiger partial charge in [0.15, 0.2) is 0 Å². The van der Waals surface area contributed by atoms with Crippen LogP contribution in [0.3, 0.4) is 0 Å². The fourth-order valence-corrected chi connectivity index (χ4v) is 5.09. The van der Waals surface area contributed by atoms with Crippen LogP contribution >= 0.6 is 23.2 Å². The van der Waals surface area contributed by atoms with E-state index in [1.807, 2.05) is 41.3 Å². The molecule has 0 saturated carbocycles. The largest absolute Gasteiger partial charge is 0.322 e. The van der Waals surface area contributed by atoms with Gasteiger partial charge in [-0.2, -0.15) is 0 Å². The van der Waals surface area contributed by atoms with Crippen molar-refractivity contribution in [3.8, 4) is 0 Å². The second-order valence-corrected chi connectivity index (χ2v) is 10.3. The van der Waals surface area contributed by atoms with Crippen molar-refractivity contribution in [2.75, 3.05) is 23.3 Å². The molecule has 1 unspecified atom stereocenters. The number of urea groups is 1. The van der Waals surface area contributed by atoms with Gasteiger partial charge in [0.1, 0.15) is 6.04 Å². The van der Waals surface area contributed by atoms with E-state index in [0.717, 1.165) is 31.6 Å². The number of piperidine rings is 1. The van der Waals surface area contributed by atoms with E-state index in [9.17, 15) is 9.59 Å². The monoisotopic (exact) mass is 538 g/mol. The summed E-state index contributed by atoms with van der Waals surface area (Å²) in [4.78, 5) is 31.7. The highest BCUT2D eigenvalue weighted by Gasteiger charge is 2.35. The van der Waals surface area contributed by atoms with Gasteiger partial charge in [-0.1, -0.05) is 59.6 Å². The number of benzene rings is 3. The summed E-state index contributed by atoms with van der Waals surface area (Å²) in [6.07, 6.45) is 1.68. The van der Waals surface area contributed by atoms with Crippen molar-refractivity contribution in [3.63, 3.8) is 0 Å². The topological polar surface area (TPSA) is 64.7 Å². The number of carbonyl (C=O) groups excluding carboxylic acids is 2. The summed E-state index contributed by atoms with van der Waals surface area (Å²) in [6.45, 7) is 6.19. The summed E-state index contributed by atoms with van der Waals surface area (Å²) in [6, 6.07) is 22.5. The molecule has 0 spiro atoms. The number of rotatable bonds is 7. The normalized spacial score (nSPS) is 15.3. The van der Waals surface area contributed by atoms with Crippen LogP contribution in [0.25, 0.3) is 0 Å². The molecule has 2 N–H and O–H groups in total. The average molecular weight is 540 g/mol. The number of nitrogens with zero attached hydrogens (tertiary/aromatic N) is 2. The number of halogens is 2. The minimum absolute atomic E-state index is 0.00369. The summed E-state index contributed by atoms with van der Waals surface area (Å²) in [5.41, 5.74) is 1.90. The number of hydrogen-bond donors (Lipinski definition) is 2. The van der Waals surface area contributed by atoms with E-state index in [1.165, 1.54) is 0 Å². The lowest BCUT2D eigenvalue weighted by Gasteiger charge is -2.41. The first-order valence-electron chi connectivity index (χ1n) is 12.5. The minimum atomic E-state index is -0.982. The van der Waals surface area contributed by atoms with Crippen LogP contribution in [-0.4, -0.2) is 42.0 Å². The molecule has 3 aromatic rings. The molecule has 3 amide bonds. The minimum Gasteiger partial charge on any atom is -0.322 e. The zero-order valence-electron chi connectivity index (χ0n) is 21.0. The Hall–Kier alpha value is -3.06. The predicted octanol–water partition coefficient (Wildman–Crippen LogP) is 6.76. The molecule has 0 radical (unpaired) electrons. The molecule has 6 nitrogen and oxygen atoms in total. The number of carbonyl (C=O) groups is 2. The summed E-state index contributed by atoms with van der Waals surface area (Å²) in [5, 5.41) is 6.65. The summed E-state index contributed by atoms with van der Waals surface area (Å²) >= 11 is 12.5. The van der Waals surface area contributed by atoms with E-state index in [1.54, 1.807) is 42.5 Å². The molecule has 1 saturated heterocycles. The third-order valence-electron chi connectivity index (χ3n) is 6.71. The number of amides is 3. The number of likely N-dealkylation sites (tertiary alicyclic amines) is 1. The van der Waals surface area contributed by atoms with Crippen LogP contribution in [0.15, 0.2) is 78.9 Å². The molecular weight excluding hydrogens is 507 g/mol. The Bertz CT molecular complexity index is 1200.